The summed E-state index contributed by atoms with van der Waals surface area (Å²) in [5.74, 6) is -0.775. The largest absolute Gasteiger partial charge is 0.328 e. The minimum atomic E-state index is -3.87. The molecule has 0 bridgehead atoms. The number of sulfonamides is 1. The van der Waals surface area contributed by atoms with Crippen molar-refractivity contribution in [2.24, 2.45) is 5.14 Å². The number of carbonyl (C=O) groups is 1. The summed E-state index contributed by atoms with van der Waals surface area (Å²) in [5, 5.41) is 7.86. The van der Waals surface area contributed by atoms with E-state index in [2.05, 4.69) is 10.3 Å². The smallest absolute Gasteiger partial charge is 0.322 e. The van der Waals surface area contributed by atoms with Gasteiger partial charge in [0, 0.05) is 16.9 Å². The third-order valence-corrected chi connectivity index (χ3v) is 5.33. The van der Waals surface area contributed by atoms with E-state index in [0.717, 1.165) is 10.8 Å². The van der Waals surface area contributed by atoms with Crippen molar-refractivity contribution in [2.75, 3.05) is 5.32 Å². The van der Waals surface area contributed by atoms with Gasteiger partial charge in [-0.15, -0.1) is 0 Å². The SMILES string of the molecule is NS(=O)(=O)c1ccc(NC(=O)c2c[nH]c(=O)n(Cc3ccccc3Cl)c2=O)cc1. The van der Waals surface area contributed by atoms with Gasteiger partial charge in [0.05, 0.1) is 11.4 Å². The maximum atomic E-state index is 12.7. The predicted molar refractivity (Wildman–Crippen MR) is 108 cm³/mol. The average molecular weight is 435 g/mol. The van der Waals surface area contributed by atoms with E-state index < -0.39 is 27.2 Å². The molecule has 1 heterocycles. The Labute approximate surface area is 169 Å². The van der Waals surface area contributed by atoms with Gasteiger partial charge in [0.25, 0.3) is 11.5 Å². The van der Waals surface area contributed by atoms with E-state index in [1.54, 1.807) is 24.3 Å². The van der Waals surface area contributed by atoms with Crippen LogP contribution in [-0.4, -0.2) is 23.9 Å². The van der Waals surface area contributed by atoms with Crippen LogP contribution in [0.2, 0.25) is 5.02 Å². The number of H-pyrrole nitrogens is 1. The number of carbonyl (C=O) groups excluding carboxylic acids is 1. The summed E-state index contributed by atoms with van der Waals surface area (Å²) in [7, 11) is -3.87. The Morgan fingerprint density at radius 1 is 1.10 bits per heavy atom. The lowest BCUT2D eigenvalue weighted by molar-refractivity contribution is 0.102. The molecular weight excluding hydrogens is 420 g/mol. The third kappa shape index (κ3) is 4.62. The van der Waals surface area contributed by atoms with Crippen LogP contribution in [0.15, 0.2) is 69.2 Å². The number of aromatic nitrogens is 2. The van der Waals surface area contributed by atoms with Crippen LogP contribution < -0.4 is 21.7 Å². The number of benzene rings is 2. The monoisotopic (exact) mass is 434 g/mol. The summed E-state index contributed by atoms with van der Waals surface area (Å²) in [6.45, 7) is -0.113. The van der Waals surface area contributed by atoms with Crippen LogP contribution in [0.25, 0.3) is 0 Å². The van der Waals surface area contributed by atoms with E-state index in [1.807, 2.05) is 0 Å². The highest BCUT2D eigenvalue weighted by Gasteiger charge is 2.16. The highest BCUT2D eigenvalue weighted by molar-refractivity contribution is 7.89. The van der Waals surface area contributed by atoms with Crippen molar-refractivity contribution < 1.29 is 13.2 Å². The first-order valence-corrected chi connectivity index (χ1v) is 10.1. The van der Waals surface area contributed by atoms with Gasteiger partial charge >= 0.3 is 5.69 Å². The summed E-state index contributed by atoms with van der Waals surface area (Å²) >= 11 is 6.07. The third-order valence-electron chi connectivity index (χ3n) is 4.03. The molecule has 9 nitrogen and oxygen atoms in total. The minimum Gasteiger partial charge on any atom is -0.322 e. The molecule has 0 atom stereocenters. The molecule has 1 amide bonds. The number of halogens is 1. The molecule has 0 aliphatic heterocycles. The molecular formula is C18H15ClN4O5S. The van der Waals surface area contributed by atoms with Crippen molar-refractivity contribution in [3.63, 3.8) is 0 Å². The second-order valence-corrected chi connectivity index (χ2v) is 7.98. The first-order valence-electron chi connectivity index (χ1n) is 8.17. The number of hydrogen-bond acceptors (Lipinski definition) is 5. The summed E-state index contributed by atoms with van der Waals surface area (Å²) in [6.07, 6.45) is 1.02. The molecule has 0 aliphatic carbocycles. The maximum absolute atomic E-state index is 12.7. The molecule has 1 aromatic heterocycles. The first-order chi connectivity index (χ1) is 13.7. The van der Waals surface area contributed by atoms with E-state index in [9.17, 15) is 22.8 Å². The number of rotatable bonds is 5. The first kappa shape index (κ1) is 20.5. The molecule has 0 saturated heterocycles. The van der Waals surface area contributed by atoms with Crippen LogP contribution in [0.4, 0.5) is 5.69 Å². The number of primary sulfonamides is 1. The van der Waals surface area contributed by atoms with Crippen LogP contribution in [0.3, 0.4) is 0 Å². The van der Waals surface area contributed by atoms with E-state index in [0.29, 0.717) is 10.6 Å². The lowest BCUT2D eigenvalue weighted by Crippen LogP contribution is -2.39. The Morgan fingerprint density at radius 3 is 2.38 bits per heavy atom. The number of anilines is 1. The molecule has 11 heteroatoms. The highest BCUT2D eigenvalue weighted by atomic mass is 35.5. The molecule has 0 unspecified atom stereocenters. The van der Waals surface area contributed by atoms with Crippen molar-refractivity contribution in [3.8, 4) is 0 Å². The molecule has 2 aromatic carbocycles. The highest BCUT2D eigenvalue weighted by Crippen LogP contribution is 2.15. The van der Waals surface area contributed by atoms with Gasteiger partial charge in [0.2, 0.25) is 10.0 Å². The van der Waals surface area contributed by atoms with E-state index in [4.69, 9.17) is 16.7 Å². The zero-order valence-corrected chi connectivity index (χ0v) is 16.3. The molecule has 0 saturated carbocycles. The summed E-state index contributed by atoms with van der Waals surface area (Å²) in [4.78, 5) is 39.5. The number of nitrogens with zero attached hydrogens (tertiary/aromatic N) is 1. The van der Waals surface area contributed by atoms with Gasteiger partial charge < -0.3 is 10.3 Å². The van der Waals surface area contributed by atoms with Crippen LogP contribution in [0.5, 0.6) is 0 Å². The molecule has 150 valence electrons. The molecule has 0 aliphatic rings. The predicted octanol–water partition coefficient (Wildman–Crippen LogP) is 1.14. The minimum absolute atomic E-state index is 0.113. The van der Waals surface area contributed by atoms with Crippen molar-refractivity contribution in [3.05, 3.63) is 91.7 Å². The Morgan fingerprint density at radius 2 is 1.76 bits per heavy atom. The fourth-order valence-electron chi connectivity index (χ4n) is 2.54. The van der Waals surface area contributed by atoms with Crippen molar-refractivity contribution in [1.29, 1.82) is 0 Å². The van der Waals surface area contributed by atoms with E-state index in [1.165, 1.54) is 24.3 Å². The lowest BCUT2D eigenvalue weighted by atomic mass is 10.2. The second kappa shape index (κ2) is 8.03. The van der Waals surface area contributed by atoms with Crippen LogP contribution >= 0.6 is 11.6 Å². The number of amides is 1. The van der Waals surface area contributed by atoms with Crippen molar-refractivity contribution in [2.45, 2.75) is 11.4 Å². The van der Waals surface area contributed by atoms with Crippen LogP contribution in [0.1, 0.15) is 15.9 Å². The van der Waals surface area contributed by atoms with Gasteiger partial charge in [0.1, 0.15) is 5.56 Å². The zero-order chi connectivity index (χ0) is 21.2. The molecule has 0 radical (unpaired) electrons. The van der Waals surface area contributed by atoms with Gasteiger partial charge in [-0.3, -0.25) is 14.2 Å². The summed E-state index contributed by atoms with van der Waals surface area (Å²) in [5.41, 5.74) is -1.01. The van der Waals surface area contributed by atoms with Gasteiger partial charge in [-0.05, 0) is 35.9 Å². The molecule has 4 N–H and O–H groups in total. The molecule has 29 heavy (non-hydrogen) atoms. The fraction of sp³-hybridized carbons (Fsp3) is 0.0556. The molecule has 0 fully saturated rings. The van der Waals surface area contributed by atoms with Crippen LogP contribution in [-0.2, 0) is 16.6 Å². The van der Waals surface area contributed by atoms with Crippen molar-refractivity contribution in [1.82, 2.24) is 9.55 Å². The molecule has 3 rings (SSSR count). The van der Waals surface area contributed by atoms with Gasteiger partial charge in [0.15, 0.2) is 0 Å². The zero-order valence-electron chi connectivity index (χ0n) is 14.8. The van der Waals surface area contributed by atoms with Crippen molar-refractivity contribution >= 4 is 33.2 Å². The standard InChI is InChI=1S/C18H15ClN4O5S/c19-15-4-2-1-3-11(15)10-23-17(25)14(9-21-18(23)26)16(24)22-12-5-7-13(8-6-12)29(20,27)28/h1-9H,10H2,(H,21,26)(H,22,24)(H2,20,27,28). The number of nitrogens with two attached hydrogens (primary N) is 1. The van der Waals surface area contributed by atoms with Gasteiger partial charge in [-0.1, -0.05) is 29.8 Å². The Bertz CT molecular complexity index is 1300. The second-order valence-electron chi connectivity index (χ2n) is 6.01. The average Bonchev–Trinajstić information content (AvgIpc) is 2.66. The van der Waals surface area contributed by atoms with E-state index in [-0.39, 0.29) is 22.7 Å². The number of aromatic amines is 1. The van der Waals surface area contributed by atoms with Gasteiger partial charge in [-0.2, -0.15) is 0 Å². The Hall–Kier alpha value is -3.21. The summed E-state index contributed by atoms with van der Waals surface area (Å²) < 4.78 is 23.4. The number of hydrogen-bond donors (Lipinski definition) is 3. The normalized spacial score (nSPS) is 11.2. The Kier molecular flexibility index (Phi) is 5.69. The maximum Gasteiger partial charge on any atom is 0.328 e. The van der Waals surface area contributed by atoms with Gasteiger partial charge in [-0.25, -0.2) is 18.4 Å². The fourth-order valence-corrected chi connectivity index (χ4v) is 3.25. The molecule has 0 spiro atoms. The topological polar surface area (TPSA) is 144 Å². The Balaban J connectivity index is 1.89. The quantitative estimate of drug-likeness (QED) is 0.551. The molecule has 3 aromatic rings. The van der Waals surface area contributed by atoms with E-state index >= 15 is 0 Å². The number of nitrogens with one attached hydrogen (secondary N) is 2. The summed E-state index contributed by atoms with van der Waals surface area (Å²) in [6, 6.07) is 11.8. The van der Waals surface area contributed by atoms with Crippen LogP contribution in [0, 0.1) is 0 Å². The lowest BCUT2D eigenvalue weighted by Gasteiger charge is -2.09.